The summed E-state index contributed by atoms with van der Waals surface area (Å²) in [4.78, 5) is 24.5. The number of carbonyl (C=O) groups is 1. The van der Waals surface area contributed by atoms with Gasteiger partial charge in [0.2, 0.25) is 5.91 Å². The minimum Gasteiger partial charge on any atom is -0.396 e. The summed E-state index contributed by atoms with van der Waals surface area (Å²) < 4.78 is 0. The lowest BCUT2D eigenvalue weighted by molar-refractivity contribution is -0.121. The fourth-order valence-electron chi connectivity index (χ4n) is 1.88. The van der Waals surface area contributed by atoms with Crippen molar-refractivity contribution < 1.29 is 9.90 Å². The third-order valence-corrected chi connectivity index (χ3v) is 3.79. The number of hydrogen-bond acceptors (Lipinski definition) is 6. The molecule has 0 aliphatic heterocycles. The Kier molecular flexibility index (Phi) is 5.77. The SMILES string of the molecule is CC(CCCO)NC(=O)Cc1csc(-c2cnccn2)n1. The standard InChI is InChI=1S/C14H18N4O2S/c1-10(3-2-6-19)17-13(20)7-11-9-21-14(18-11)12-8-15-4-5-16-12/h4-5,8-10,19H,2-3,6-7H2,1H3,(H,17,20). The third-order valence-electron chi connectivity index (χ3n) is 2.88. The predicted molar refractivity (Wildman–Crippen MR) is 80.8 cm³/mol. The van der Waals surface area contributed by atoms with E-state index in [4.69, 9.17) is 5.11 Å². The van der Waals surface area contributed by atoms with Crippen LogP contribution in [0.3, 0.4) is 0 Å². The topological polar surface area (TPSA) is 88.0 Å². The predicted octanol–water partition coefficient (Wildman–Crippen LogP) is 1.42. The lowest BCUT2D eigenvalue weighted by Gasteiger charge is -2.12. The largest absolute Gasteiger partial charge is 0.396 e. The molecular weight excluding hydrogens is 288 g/mol. The van der Waals surface area contributed by atoms with Crippen LogP contribution >= 0.6 is 11.3 Å². The van der Waals surface area contributed by atoms with Crippen molar-refractivity contribution in [3.63, 3.8) is 0 Å². The molecule has 0 radical (unpaired) electrons. The first-order chi connectivity index (χ1) is 10.2. The van der Waals surface area contributed by atoms with Crippen LogP contribution in [-0.2, 0) is 11.2 Å². The number of aliphatic hydroxyl groups is 1. The summed E-state index contributed by atoms with van der Waals surface area (Å²) in [6.07, 6.45) is 6.59. The number of aromatic nitrogens is 3. The van der Waals surface area contributed by atoms with Crippen molar-refractivity contribution in [3.05, 3.63) is 29.7 Å². The van der Waals surface area contributed by atoms with Crippen LogP contribution in [0.25, 0.3) is 10.7 Å². The van der Waals surface area contributed by atoms with E-state index in [0.29, 0.717) is 12.1 Å². The second kappa shape index (κ2) is 7.80. The fraction of sp³-hybridized carbons (Fsp3) is 0.429. The molecule has 2 aromatic heterocycles. The van der Waals surface area contributed by atoms with Crippen molar-refractivity contribution in [2.75, 3.05) is 6.61 Å². The van der Waals surface area contributed by atoms with E-state index in [1.165, 1.54) is 11.3 Å². The van der Waals surface area contributed by atoms with E-state index in [1.807, 2.05) is 12.3 Å². The first kappa shape index (κ1) is 15.5. The van der Waals surface area contributed by atoms with Crippen molar-refractivity contribution in [3.8, 4) is 10.7 Å². The summed E-state index contributed by atoms with van der Waals surface area (Å²) >= 11 is 1.45. The molecular formula is C14H18N4O2S. The van der Waals surface area contributed by atoms with Gasteiger partial charge in [-0.2, -0.15) is 0 Å². The first-order valence-electron chi connectivity index (χ1n) is 6.80. The van der Waals surface area contributed by atoms with Crippen LogP contribution in [0.1, 0.15) is 25.5 Å². The van der Waals surface area contributed by atoms with Crippen molar-refractivity contribution >= 4 is 17.2 Å². The van der Waals surface area contributed by atoms with E-state index < -0.39 is 0 Å². The molecule has 21 heavy (non-hydrogen) atoms. The molecule has 1 amide bonds. The molecule has 0 spiro atoms. The second-order valence-electron chi connectivity index (χ2n) is 4.75. The minimum atomic E-state index is -0.0589. The molecule has 6 nitrogen and oxygen atoms in total. The molecule has 0 aliphatic carbocycles. The summed E-state index contributed by atoms with van der Waals surface area (Å²) in [5.74, 6) is -0.0589. The van der Waals surface area contributed by atoms with Gasteiger partial charge in [-0.1, -0.05) is 0 Å². The number of aliphatic hydroxyl groups excluding tert-OH is 1. The summed E-state index contributed by atoms with van der Waals surface area (Å²) in [5.41, 5.74) is 1.44. The first-order valence-corrected chi connectivity index (χ1v) is 7.68. The molecule has 0 fully saturated rings. The number of nitrogens with one attached hydrogen (secondary N) is 1. The van der Waals surface area contributed by atoms with E-state index in [2.05, 4.69) is 20.3 Å². The van der Waals surface area contributed by atoms with E-state index in [1.54, 1.807) is 18.6 Å². The molecule has 2 rings (SSSR count). The van der Waals surface area contributed by atoms with E-state index in [9.17, 15) is 4.79 Å². The molecule has 0 aliphatic rings. The lowest BCUT2D eigenvalue weighted by atomic mass is 10.2. The summed E-state index contributed by atoms with van der Waals surface area (Å²) in [6.45, 7) is 2.08. The number of carbonyl (C=O) groups excluding carboxylic acids is 1. The highest BCUT2D eigenvalue weighted by Gasteiger charge is 2.11. The number of amides is 1. The molecule has 0 saturated carbocycles. The van der Waals surface area contributed by atoms with Gasteiger partial charge < -0.3 is 10.4 Å². The van der Waals surface area contributed by atoms with Gasteiger partial charge in [0, 0.05) is 30.4 Å². The highest BCUT2D eigenvalue weighted by molar-refractivity contribution is 7.13. The number of hydrogen-bond donors (Lipinski definition) is 2. The van der Waals surface area contributed by atoms with Crippen LogP contribution in [-0.4, -0.2) is 38.6 Å². The van der Waals surface area contributed by atoms with Crippen molar-refractivity contribution in [2.45, 2.75) is 32.2 Å². The Hall–Kier alpha value is -1.86. The number of rotatable bonds is 7. The Morgan fingerprint density at radius 1 is 1.48 bits per heavy atom. The Morgan fingerprint density at radius 3 is 3.05 bits per heavy atom. The Balaban J connectivity index is 1.89. The van der Waals surface area contributed by atoms with Gasteiger partial charge in [0.1, 0.15) is 10.7 Å². The lowest BCUT2D eigenvalue weighted by Crippen LogP contribution is -2.33. The van der Waals surface area contributed by atoms with Crippen molar-refractivity contribution in [1.82, 2.24) is 20.3 Å². The van der Waals surface area contributed by atoms with Crippen LogP contribution in [0.4, 0.5) is 0 Å². The van der Waals surface area contributed by atoms with E-state index in [-0.39, 0.29) is 25.0 Å². The smallest absolute Gasteiger partial charge is 0.226 e. The van der Waals surface area contributed by atoms with Crippen LogP contribution in [0.5, 0.6) is 0 Å². The van der Waals surface area contributed by atoms with Gasteiger partial charge in [0.25, 0.3) is 0 Å². The zero-order chi connectivity index (χ0) is 15.1. The average Bonchev–Trinajstić information content (AvgIpc) is 2.94. The molecule has 0 aromatic carbocycles. The summed E-state index contributed by atoms with van der Waals surface area (Å²) in [6, 6.07) is 0.0581. The minimum absolute atomic E-state index is 0.0581. The molecule has 7 heteroatoms. The van der Waals surface area contributed by atoms with Crippen LogP contribution < -0.4 is 5.32 Å². The maximum atomic E-state index is 11.9. The van der Waals surface area contributed by atoms with Crippen LogP contribution in [0, 0.1) is 0 Å². The Morgan fingerprint density at radius 2 is 2.33 bits per heavy atom. The monoisotopic (exact) mass is 306 g/mol. The van der Waals surface area contributed by atoms with Gasteiger partial charge in [-0.3, -0.25) is 14.8 Å². The highest BCUT2D eigenvalue weighted by atomic mass is 32.1. The maximum Gasteiger partial charge on any atom is 0.226 e. The van der Waals surface area contributed by atoms with Crippen molar-refractivity contribution in [2.24, 2.45) is 0 Å². The molecule has 2 heterocycles. The summed E-state index contributed by atoms with van der Waals surface area (Å²) in [5, 5.41) is 14.3. The average molecular weight is 306 g/mol. The van der Waals surface area contributed by atoms with Gasteiger partial charge in [0.05, 0.1) is 18.3 Å². The van der Waals surface area contributed by atoms with Gasteiger partial charge in [-0.15, -0.1) is 11.3 Å². The Labute approximate surface area is 127 Å². The second-order valence-corrected chi connectivity index (χ2v) is 5.60. The van der Waals surface area contributed by atoms with Crippen molar-refractivity contribution in [1.29, 1.82) is 0 Å². The number of nitrogens with zero attached hydrogens (tertiary/aromatic N) is 3. The van der Waals surface area contributed by atoms with Crippen LogP contribution in [0.15, 0.2) is 24.0 Å². The van der Waals surface area contributed by atoms with Gasteiger partial charge in [-0.25, -0.2) is 4.98 Å². The molecule has 0 saturated heterocycles. The Bertz CT molecular complexity index is 573. The molecule has 1 atom stereocenters. The normalized spacial score (nSPS) is 12.1. The molecule has 0 bridgehead atoms. The summed E-state index contributed by atoms with van der Waals surface area (Å²) in [7, 11) is 0. The molecule has 2 aromatic rings. The molecule has 2 N–H and O–H groups in total. The van der Waals surface area contributed by atoms with Gasteiger partial charge >= 0.3 is 0 Å². The molecule has 1 unspecified atom stereocenters. The zero-order valence-electron chi connectivity index (χ0n) is 11.8. The van der Waals surface area contributed by atoms with Crippen LogP contribution in [0.2, 0.25) is 0 Å². The quantitative estimate of drug-likeness (QED) is 0.807. The highest BCUT2D eigenvalue weighted by Crippen LogP contribution is 2.20. The zero-order valence-corrected chi connectivity index (χ0v) is 12.6. The molecule has 112 valence electrons. The maximum absolute atomic E-state index is 11.9. The van der Waals surface area contributed by atoms with E-state index in [0.717, 1.165) is 17.1 Å². The number of thiazole rings is 1. The van der Waals surface area contributed by atoms with Gasteiger partial charge in [-0.05, 0) is 19.8 Å². The third kappa shape index (κ3) is 4.87. The van der Waals surface area contributed by atoms with Gasteiger partial charge in [0.15, 0.2) is 0 Å². The van der Waals surface area contributed by atoms with E-state index >= 15 is 0 Å². The fourth-order valence-corrected chi connectivity index (χ4v) is 2.66.